The third-order valence-corrected chi connectivity index (χ3v) is 5.14. The number of fused-ring (bicyclic) bond motifs is 1. The van der Waals surface area contributed by atoms with Crippen LogP contribution in [0.1, 0.15) is 19.4 Å². The number of esters is 1. The van der Waals surface area contributed by atoms with Crippen molar-refractivity contribution in [3.63, 3.8) is 0 Å². The standard InChI is InChI=1S/C21H22N2O5/c1-12-18-19(21(26)27-12)23(28-20(18)25)11-14-4-3-5-16(10-14)15-6-8-17(9-7-15)22-13(2)24/h3-10,12,18-20,25H,11H2,1-2H3,(H,22,24)/t12?,18-,19-,20?/m0/s1. The molecule has 2 aliphatic heterocycles. The summed E-state index contributed by atoms with van der Waals surface area (Å²) >= 11 is 0. The molecule has 0 aliphatic carbocycles. The van der Waals surface area contributed by atoms with Gasteiger partial charge in [-0.05, 0) is 41.8 Å². The molecule has 0 radical (unpaired) electrons. The van der Waals surface area contributed by atoms with Crippen molar-refractivity contribution in [3.05, 3.63) is 54.1 Å². The predicted octanol–water partition coefficient (Wildman–Crippen LogP) is 2.31. The second-order valence-corrected chi connectivity index (χ2v) is 7.19. The molecule has 2 aromatic carbocycles. The number of rotatable bonds is 4. The van der Waals surface area contributed by atoms with Crippen LogP contribution in [0.3, 0.4) is 0 Å². The molecule has 2 heterocycles. The second kappa shape index (κ2) is 7.35. The van der Waals surface area contributed by atoms with Gasteiger partial charge >= 0.3 is 5.97 Å². The number of carbonyl (C=O) groups is 2. The van der Waals surface area contributed by atoms with Crippen molar-refractivity contribution < 1.29 is 24.3 Å². The molecule has 0 saturated carbocycles. The molecule has 7 heteroatoms. The number of ether oxygens (including phenoxy) is 1. The molecule has 4 atom stereocenters. The van der Waals surface area contributed by atoms with E-state index in [9.17, 15) is 14.7 Å². The topological polar surface area (TPSA) is 88.1 Å². The van der Waals surface area contributed by atoms with Gasteiger partial charge in [0.1, 0.15) is 12.1 Å². The largest absolute Gasteiger partial charge is 0.461 e. The SMILES string of the molecule is CC(=O)Nc1ccc(-c2cccc(CN3OC(O)[C@H]4C(C)OC(=O)[C@H]43)c2)cc1. The Bertz CT molecular complexity index is 898. The van der Waals surface area contributed by atoms with Gasteiger partial charge < -0.3 is 15.2 Å². The third kappa shape index (κ3) is 3.52. The summed E-state index contributed by atoms with van der Waals surface area (Å²) in [4.78, 5) is 28.8. The summed E-state index contributed by atoms with van der Waals surface area (Å²) in [5.74, 6) is -0.851. The van der Waals surface area contributed by atoms with Crippen LogP contribution in [0.25, 0.3) is 11.1 Å². The Labute approximate surface area is 162 Å². The number of nitrogens with one attached hydrogen (secondary N) is 1. The normalized spacial score (nSPS) is 26.8. The summed E-state index contributed by atoms with van der Waals surface area (Å²) in [5.41, 5.74) is 3.70. The van der Waals surface area contributed by atoms with Gasteiger partial charge in [0.25, 0.3) is 0 Å². The summed E-state index contributed by atoms with van der Waals surface area (Å²) in [6.45, 7) is 3.60. The highest BCUT2D eigenvalue weighted by atomic mass is 16.8. The van der Waals surface area contributed by atoms with Crippen LogP contribution < -0.4 is 5.32 Å². The highest BCUT2D eigenvalue weighted by Crippen LogP contribution is 2.37. The minimum atomic E-state index is -1.05. The lowest BCUT2D eigenvalue weighted by molar-refractivity contribution is -0.240. The van der Waals surface area contributed by atoms with Gasteiger partial charge in [-0.25, -0.2) is 0 Å². The van der Waals surface area contributed by atoms with Crippen LogP contribution in [-0.4, -0.2) is 40.5 Å². The highest BCUT2D eigenvalue weighted by molar-refractivity contribution is 5.89. The first-order chi connectivity index (χ1) is 13.4. The van der Waals surface area contributed by atoms with Crippen LogP contribution in [0.4, 0.5) is 5.69 Å². The summed E-state index contributed by atoms with van der Waals surface area (Å²) in [5, 5.41) is 14.4. The summed E-state index contributed by atoms with van der Waals surface area (Å²) in [7, 11) is 0. The maximum Gasteiger partial charge on any atom is 0.326 e. The number of anilines is 1. The van der Waals surface area contributed by atoms with Crippen LogP contribution in [0.15, 0.2) is 48.5 Å². The molecule has 2 fully saturated rings. The lowest BCUT2D eigenvalue weighted by atomic mass is 9.97. The van der Waals surface area contributed by atoms with Gasteiger partial charge in [0, 0.05) is 12.6 Å². The van der Waals surface area contributed by atoms with E-state index in [0.717, 1.165) is 22.4 Å². The Kier molecular flexibility index (Phi) is 4.89. The van der Waals surface area contributed by atoms with Crippen LogP contribution in [0.5, 0.6) is 0 Å². The maximum absolute atomic E-state index is 12.1. The smallest absolute Gasteiger partial charge is 0.326 e. The molecule has 2 aromatic rings. The van der Waals surface area contributed by atoms with E-state index in [-0.39, 0.29) is 23.9 Å². The molecule has 28 heavy (non-hydrogen) atoms. The van der Waals surface area contributed by atoms with E-state index in [2.05, 4.69) is 5.32 Å². The number of aliphatic hydroxyl groups is 1. The monoisotopic (exact) mass is 382 g/mol. The zero-order valence-corrected chi connectivity index (χ0v) is 15.7. The Morgan fingerprint density at radius 2 is 1.93 bits per heavy atom. The number of nitrogens with zero attached hydrogens (tertiary/aromatic N) is 1. The number of cyclic esters (lactones) is 1. The van der Waals surface area contributed by atoms with Crippen molar-refractivity contribution in [3.8, 4) is 11.1 Å². The molecule has 2 aliphatic rings. The van der Waals surface area contributed by atoms with Gasteiger partial charge in [-0.1, -0.05) is 30.3 Å². The Balaban J connectivity index is 1.51. The lowest BCUT2D eigenvalue weighted by Gasteiger charge is -2.19. The van der Waals surface area contributed by atoms with Crippen molar-refractivity contribution in [2.75, 3.05) is 5.32 Å². The average Bonchev–Trinajstić information content (AvgIpc) is 3.13. The van der Waals surface area contributed by atoms with Gasteiger partial charge in [0.05, 0.1) is 12.5 Å². The van der Waals surface area contributed by atoms with E-state index in [4.69, 9.17) is 9.57 Å². The first-order valence-electron chi connectivity index (χ1n) is 9.21. The van der Waals surface area contributed by atoms with Gasteiger partial charge in [-0.2, -0.15) is 5.06 Å². The molecule has 0 bridgehead atoms. The zero-order chi connectivity index (χ0) is 19.8. The van der Waals surface area contributed by atoms with Gasteiger partial charge in [-0.3, -0.25) is 14.4 Å². The van der Waals surface area contributed by atoms with Crippen LogP contribution in [0, 0.1) is 5.92 Å². The molecule has 146 valence electrons. The molecule has 1 amide bonds. The molecule has 2 N–H and O–H groups in total. The molecular formula is C21H22N2O5. The molecular weight excluding hydrogens is 360 g/mol. The quantitative estimate of drug-likeness (QED) is 0.789. The summed E-state index contributed by atoms with van der Waals surface area (Å²) < 4.78 is 5.25. The number of hydroxylamine groups is 2. The van der Waals surface area contributed by atoms with Crippen LogP contribution in [-0.2, 0) is 25.7 Å². The van der Waals surface area contributed by atoms with E-state index >= 15 is 0 Å². The van der Waals surface area contributed by atoms with Crippen molar-refractivity contribution in [2.45, 2.75) is 38.8 Å². The minimum Gasteiger partial charge on any atom is -0.461 e. The number of amides is 1. The van der Waals surface area contributed by atoms with Crippen molar-refractivity contribution in [1.29, 1.82) is 0 Å². The van der Waals surface area contributed by atoms with E-state index in [1.54, 1.807) is 6.92 Å². The number of carbonyl (C=O) groups excluding carboxylic acids is 2. The molecule has 7 nitrogen and oxygen atoms in total. The molecule has 2 unspecified atom stereocenters. The van der Waals surface area contributed by atoms with E-state index in [1.165, 1.54) is 12.0 Å². The maximum atomic E-state index is 12.1. The van der Waals surface area contributed by atoms with Gasteiger partial charge in [-0.15, -0.1) is 0 Å². The predicted molar refractivity (Wildman–Crippen MR) is 102 cm³/mol. The average molecular weight is 382 g/mol. The van der Waals surface area contributed by atoms with Crippen LogP contribution >= 0.6 is 0 Å². The Hall–Kier alpha value is -2.74. The number of hydrogen-bond acceptors (Lipinski definition) is 6. The van der Waals surface area contributed by atoms with Gasteiger partial charge in [0.2, 0.25) is 5.91 Å². The Morgan fingerprint density at radius 1 is 1.18 bits per heavy atom. The first kappa shape index (κ1) is 18.6. The molecule has 2 saturated heterocycles. The minimum absolute atomic E-state index is 0.111. The highest BCUT2D eigenvalue weighted by Gasteiger charge is 2.56. The van der Waals surface area contributed by atoms with Crippen molar-refractivity contribution in [1.82, 2.24) is 5.06 Å². The molecule has 4 rings (SSSR count). The van der Waals surface area contributed by atoms with Gasteiger partial charge in [0.15, 0.2) is 6.29 Å². The fourth-order valence-electron chi connectivity index (χ4n) is 3.83. The van der Waals surface area contributed by atoms with Crippen molar-refractivity contribution in [2.24, 2.45) is 5.92 Å². The number of benzene rings is 2. The second-order valence-electron chi connectivity index (χ2n) is 7.19. The fraction of sp³-hybridized carbons (Fsp3) is 0.333. The fourth-order valence-corrected chi connectivity index (χ4v) is 3.83. The van der Waals surface area contributed by atoms with E-state index < -0.39 is 12.3 Å². The van der Waals surface area contributed by atoms with Crippen LogP contribution in [0.2, 0.25) is 0 Å². The van der Waals surface area contributed by atoms with Crippen molar-refractivity contribution >= 4 is 17.6 Å². The molecule has 0 spiro atoms. The Morgan fingerprint density at radius 3 is 2.64 bits per heavy atom. The lowest BCUT2D eigenvalue weighted by Crippen LogP contribution is -2.35. The summed E-state index contributed by atoms with van der Waals surface area (Å²) in [6.07, 6.45) is -1.41. The summed E-state index contributed by atoms with van der Waals surface area (Å²) in [6, 6.07) is 14.9. The first-order valence-corrected chi connectivity index (χ1v) is 9.21. The third-order valence-electron chi connectivity index (χ3n) is 5.14. The molecule has 0 aromatic heterocycles. The number of hydrogen-bond donors (Lipinski definition) is 2. The number of aliphatic hydroxyl groups excluding tert-OH is 1. The zero-order valence-electron chi connectivity index (χ0n) is 15.7. The van der Waals surface area contributed by atoms with E-state index in [1.807, 2.05) is 48.5 Å². The van der Waals surface area contributed by atoms with E-state index in [0.29, 0.717) is 6.54 Å².